The summed E-state index contributed by atoms with van der Waals surface area (Å²) in [7, 11) is 0. The van der Waals surface area contributed by atoms with Gasteiger partial charge in [0.2, 0.25) is 0 Å². The smallest absolute Gasteiger partial charge is 0.131 e. The molecule has 0 unspecified atom stereocenters. The van der Waals surface area contributed by atoms with Gasteiger partial charge in [-0.1, -0.05) is 18.5 Å². The topological polar surface area (TPSA) is 37.8 Å². The van der Waals surface area contributed by atoms with E-state index in [9.17, 15) is 0 Å². The summed E-state index contributed by atoms with van der Waals surface area (Å²) in [6.45, 7) is 4.94. The summed E-state index contributed by atoms with van der Waals surface area (Å²) in [6, 6.07) is 3.84. The average Bonchev–Trinajstić information content (AvgIpc) is 2.75. The predicted octanol–water partition coefficient (Wildman–Crippen LogP) is 3.85. The van der Waals surface area contributed by atoms with Gasteiger partial charge in [0.15, 0.2) is 0 Å². The zero-order valence-electron chi connectivity index (χ0n) is 9.83. The molecule has 0 aromatic carbocycles. The zero-order chi connectivity index (χ0) is 12.3. The van der Waals surface area contributed by atoms with E-state index in [1.807, 2.05) is 31.4 Å². The minimum Gasteiger partial charge on any atom is -0.370 e. The summed E-state index contributed by atoms with van der Waals surface area (Å²) in [5.74, 6) is 1.70. The summed E-state index contributed by atoms with van der Waals surface area (Å²) >= 11 is 7.73. The maximum atomic E-state index is 6.13. The second kappa shape index (κ2) is 5.47. The van der Waals surface area contributed by atoms with Crippen LogP contribution in [0.2, 0.25) is 5.02 Å². The Morgan fingerprint density at radius 3 is 2.76 bits per heavy atom. The van der Waals surface area contributed by atoms with Crippen LogP contribution in [-0.4, -0.2) is 16.5 Å². The Morgan fingerprint density at radius 2 is 2.18 bits per heavy atom. The number of hydrogen-bond acceptors (Lipinski definition) is 4. The first-order valence-electron chi connectivity index (χ1n) is 5.59. The molecule has 2 aromatic rings. The Morgan fingerprint density at radius 1 is 1.35 bits per heavy atom. The standard InChI is InChI=1S/C12H14ClN3S/c1-3-10-15-9(7-11(16-10)14-4-2)12-8(13)5-6-17-12/h5-7H,3-4H2,1-2H3,(H,14,15,16). The first-order chi connectivity index (χ1) is 8.24. The molecule has 0 amide bonds. The van der Waals surface area contributed by atoms with Crippen LogP contribution in [0.4, 0.5) is 5.82 Å². The maximum Gasteiger partial charge on any atom is 0.131 e. The molecule has 2 rings (SSSR count). The summed E-state index contributed by atoms with van der Waals surface area (Å²) in [5.41, 5.74) is 0.896. The van der Waals surface area contributed by atoms with Gasteiger partial charge in [0.05, 0.1) is 15.6 Å². The number of halogens is 1. The van der Waals surface area contributed by atoms with E-state index in [0.717, 1.165) is 40.2 Å². The van der Waals surface area contributed by atoms with E-state index in [-0.39, 0.29) is 0 Å². The third-order valence-electron chi connectivity index (χ3n) is 2.30. The first kappa shape index (κ1) is 12.3. The van der Waals surface area contributed by atoms with Gasteiger partial charge in [-0.25, -0.2) is 9.97 Å². The van der Waals surface area contributed by atoms with Crippen molar-refractivity contribution in [2.24, 2.45) is 0 Å². The van der Waals surface area contributed by atoms with Gasteiger partial charge in [0, 0.05) is 19.0 Å². The fourth-order valence-corrected chi connectivity index (χ4v) is 2.63. The number of aryl methyl sites for hydroxylation is 1. The number of rotatable bonds is 4. The van der Waals surface area contributed by atoms with E-state index in [0.29, 0.717) is 0 Å². The van der Waals surface area contributed by atoms with Crippen molar-refractivity contribution >= 4 is 28.8 Å². The van der Waals surface area contributed by atoms with Gasteiger partial charge in [0.1, 0.15) is 11.6 Å². The average molecular weight is 268 g/mol. The molecule has 2 heterocycles. The number of thiophene rings is 1. The summed E-state index contributed by atoms with van der Waals surface area (Å²) in [6.07, 6.45) is 0.815. The van der Waals surface area contributed by atoms with Crippen molar-refractivity contribution in [1.29, 1.82) is 0 Å². The molecular formula is C12H14ClN3S. The molecule has 2 aromatic heterocycles. The van der Waals surface area contributed by atoms with Gasteiger partial charge in [-0.15, -0.1) is 11.3 Å². The fraction of sp³-hybridized carbons (Fsp3) is 0.333. The highest BCUT2D eigenvalue weighted by Crippen LogP contribution is 2.32. The van der Waals surface area contributed by atoms with Crippen LogP contribution in [-0.2, 0) is 6.42 Å². The third kappa shape index (κ3) is 2.76. The fourth-order valence-electron chi connectivity index (χ4n) is 1.52. The Hall–Kier alpha value is -1.13. The first-order valence-corrected chi connectivity index (χ1v) is 6.85. The highest BCUT2D eigenvalue weighted by molar-refractivity contribution is 7.14. The van der Waals surface area contributed by atoms with Crippen molar-refractivity contribution in [1.82, 2.24) is 9.97 Å². The van der Waals surface area contributed by atoms with Gasteiger partial charge >= 0.3 is 0 Å². The molecule has 0 spiro atoms. The van der Waals surface area contributed by atoms with Crippen molar-refractivity contribution in [3.8, 4) is 10.6 Å². The van der Waals surface area contributed by atoms with Crippen LogP contribution in [0.25, 0.3) is 10.6 Å². The molecule has 0 atom stereocenters. The van der Waals surface area contributed by atoms with Gasteiger partial charge in [0.25, 0.3) is 0 Å². The lowest BCUT2D eigenvalue weighted by Gasteiger charge is -2.07. The molecule has 5 heteroatoms. The van der Waals surface area contributed by atoms with Gasteiger partial charge < -0.3 is 5.32 Å². The van der Waals surface area contributed by atoms with E-state index < -0.39 is 0 Å². The lowest BCUT2D eigenvalue weighted by molar-refractivity contribution is 0.940. The normalized spacial score (nSPS) is 10.5. The Bertz CT molecular complexity index is 510. The molecule has 3 nitrogen and oxygen atoms in total. The van der Waals surface area contributed by atoms with Crippen LogP contribution < -0.4 is 5.32 Å². The molecule has 1 N–H and O–H groups in total. The monoisotopic (exact) mass is 267 g/mol. The number of nitrogens with one attached hydrogen (secondary N) is 1. The maximum absolute atomic E-state index is 6.13. The minimum absolute atomic E-state index is 0.748. The van der Waals surface area contributed by atoms with Crippen molar-refractivity contribution in [2.45, 2.75) is 20.3 Å². The lowest BCUT2D eigenvalue weighted by Crippen LogP contribution is -2.03. The van der Waals surface area contributed by atoms with Crippen LogP contribution in [0.15, 0.2) is 17.5 Å². The summed E-state index contributed by atoms with van der Waals surface area (Å²) in [4.78, 5) is 9.94. The van der Waals surface area contributed by atoms with E-state index in [1.165, 1.54) is 0 Å². The number of aromatic nitrogens is 2. The van der Waals surface area contributed by atoms with Gasteiger partial charge in [-0.3, -0.25) is 0 Å². The molecule has 0 bridgehead atoms. The SMILES string of the molecule is CCNc1cc(-c2sccc2Cl)nc(CC)n1. The molecular weight excluding hydrogens is 254 g/mol. The third-order valence-corrected chi connectivity index (χ3v) is 3.66. The second-order valence-corrected chi connectivity index (χ2v) is 4.86. The number of nitrogens with zero attached hydrogens (tertiary/aromatic N) is 2. The molecule has 17 heavy (non-hydrogen) atoms. The molecule has 0 saturated heterocycles. The highest BCUT2D eigenvalue weighted by Gasteiger charge is 2.09. The van der Waals surface area contributed by atoms with Crippen LogP contribution in [0.3, 0.4) is 0 Å². The lowest BCUT2D eigenvalue weighted by atomic mass is 10.3. The number of anilines is 1. The van der Waals surface area contributed by atoms with Crippen molar-refractivity contribution in [2.75, 3.05) is 11.9 Å². The van der Waals surface area contributed by atoms with Crippen molar-refractivity contribution in [3.05, 3.63) is 28.4 Å². The number of hydrogen-bond donors (Lipinski definition) is 1. The molecule has 0 fully saturated rings. The van der Waals surface area contributed by atoms with E-state index in [4.69, 9.17) is 11.6 Å². The Balaban J connectivity index is 2.46. The second-order valence-electron chi connectivity index (χ2n) is 3.54. The van der Waals surface area contributed by atoms with Gasteiger partial charge in [-0.2, -0.15) is 0 Å². The van der Waals surface area contributed by atoms with E-state index in [1.54, 1.807) is 11.3 Å². The van der Waals surface area contributed by atoms with Crippen LogP contribution in [0.5, 0.6) is 0 Å². The molecule has 0 aliphatic heterocycles. The van der Waals surface area contributed by atoms with Crippen LogP contribution in [0.1, 0.15) is 19.7 Å². The van der Waals surface area contributed by atoms with E-state index in [2.05, 4.69) is 15.3 Å². The van der Waals surface area contributed by atoms with Gasteiger partial charge in [-0.05, 0) is 18.4 Å². The quantitative estimate of drug-likeness (QED) is 0.914. The largest absolute Gasteiger partial charge is 0.370 e. The summed E-state index contributed by atoms with van der Waals surface area (Å²) < 4.78 is 0. The van der Waals surface area contributed by atoms with Crippen molar-refractivity contribution < 1.29 is 0 Å². The molecule has 90 valence electrons. The summed E-state index contributed by atoms with van der Waals surface area (Å²) in [5, 5.41) is 5.93. The molecule has 0 aliphatic carbocycles. The molecule has 0 aliphatic rings. The zero-order valence-corrected chi connectivity index (χ0v) is 11.4. The Labute approximate surface area is 110 Å². The Kier molecular flexibility index (Phi) is 3.97. The van der Waals surface area contributed by atoms with Crippen LogP contribution >= 0.6 is 22.9 Å². The minimum atomic E-state index is 0.748. The molecule has 0 radical (unpaired) electrons. The predicted molar refractivity (Wildman–Crippen MR) is 73.9 cm³/mol. The highest BCUT2D eigenvalue weighted by atomic mass is 35.5. The van der Waals surface area contributed by atoms with Crippen LogP contribution in [0, 0.1) is 0 Å². The van der Waals surface area contributed by atoms with Crippen molar-refractivity contribution in [3.63, 3.8) is 0 Å². The van der Waals surface area contributed by atoms with E-state index >= 15 is 0 Å². The molecule has 0 saturated carbocycles.